The van der Waals surface area contributed by atoms with Crippen LogP contribution in [0, 0.1) is 0 Å². The molecule has 0 aliphatic carbocycles. The SMILES string of the molecule is C=CCn1c(=O)c2cnc(Nc3ccc4c(c3)CN(C(C)C)CC4)nc2n1-c1cccc(C(C)(C)O)n1. The van der Waals surface area contributed by atoms with Gasteiger partial charge in [-0.05, 0) is 69.5 Å². The van der Waals surface area contributed by atoms with Gasteiger partial charge in [0.2, 0.25) is 5.95 Å². The zero-order valence-corrected chi connectivity index (χ0v) is 21.8. The number of hydrogen-bond donors (Lipinski definition) is 2. The molecular weight excluding hydrogens is 466 g/mol. The van der Waals surface area contributed by atoms with E-state index in [2.05, 4.69) is 52.7 Å². The Balaban J connectivity index is 1.57. The van der Waals surface area contributed by atoms with Crippen LogP contribution in [0.25, 0.3) is 16.9 Å². The first-order valence-electron chi connectivity index (χ1n) is 12.6. The van der Waals surface area contributed by atoms with Crippen molar-refractivity contribution in [2.45, 2.75) is 58.8 Å². The van der Waals surface area contributed by atoms with E-state index in [1.54, 1.807) is 49.0 Å². The number of benzene rings is 1. The van der Waals surface area contributed by atoms with Crippen LogP contribution < -0.4 is 10.9 Å². The highest BCUT2D eigenvalue weighted by molar-refractivity contribution is 5.77. The molecule has 5 rings (SSSR count). The first-order chi connectivity index (χ1) is 17.7. The molecule has 1 aliphatic heterocycles. The maximum atomic E-state index is 13.2. The van der Waals surface area contributed by atoms with Gasteiger partial charge in [-0.1, -0.05) is 18.2 Å². The van der Waals surface area contributed by atoms with Gasteiger partial charge in [-0.3, -0.25) is 9.69 Å². The first-order valence-corrected chi connectivity index (χ1v) is 12.6. The second kappa shape index (κ2) is 9.57. The van der Waals surface area contributed by atoms with E-state index in [1.807, 2.05) is 6.07 Å². The Morgan fingerprint density at radius 2 is 2.00 bits per heavy atom. The zero-order chi connectivity index (χ0) is 26.3. The third-order valence-electron chi connectivity index (χ3n) is 6.79. The Labute approximate surface area is 216 Å². The van der Waals surface area contributed by atoms with Crippen molar-refractivity contribution < 1.29 is 5.11 Å². The lowest BCUT2D eigenvalue weighted by Gasteiger charge is -2.32. The van der Waals surface area contributed by atoms with Crippen LogP contribution in [0.5, 0.6) is 0 Å². The molecule has 0 radical (unpaired) electrons. The highest BCUT2D eigenvalue weighted by atomic mass is 16.3. The summed E-state index contributed by atoms with van der Waals surface area (Å²) >= 11 is 0. The standard InChI is InChI=1S/C28H33N7O2/c1-6-13-34-26(36)22-16-29-27(30-21-11-10-19-12-14-33(18(2)3)17-20(19)15-21)32-25(22)35(34)24-9-7-8-23(31-24)28(4,5)37/h6-11,15-16,18,37H,1,12-14,17H2,2-5H3,(H,29,30,32). The Morgan fingerprint density at radius 3 is 2.73 bits per heavy atom. The number of pyridine rings is 1. The predicted octanol–water partition coefficient (Wildman–Crippen LogP) is 3.90. The van der Waals surface area contributed by atoms with E-state index in [1.165, 1.54) is 15.8 Å². The minimum atomic E-state index is -1.14. The summed E-state index contributed by atoms with van der Waals surface area (Å²) in [6.07, 6.45) is 4.23. The fourth-order valence-electron chi connectivity index (χ4n) is 4.72. The highest BCUT2D eigenvalue weighted by Gasteiger charge is 2.22. The van der Waals surface area contributed by atoms with Gasteiger partial charge in [-0.25, -0.2) is 19.3 Å². The minimum Gasteiger partial charge on any atom is -0.384 e. The van der Waals surface area contributed by atoms with Crippen LogP contribution in [0.2, 0.25) is 0 Å². The van der Waals surface area contributed by atoms with Gasteiger partial charge in [0.15, 0.2) is 11.5 Å². The van der Waals surface area contributed by atoms with Gasteiger partial charge in [-0.15, -0.1) is 6.58 Å². The van der Waals surface area contributed by atoms with Gasteiger partial charge in [0, 0.05) is 31.0 Å². The van der Waals surface area contributed by atoms with Gasteiger partial charge in [0.25, 0.3) is 5.56 Å². The van der Waals surface area contributed by atoms with Crippen molar-refractivity contribution in [2.24, 2.45) is 0 Å². The summed E-state index contributed by atoms with van der Waals surface area (Å²) in [5, 5.41) is 14.2. The molecule has 0 bridgehead atoms. The monoisotopic (exact) mass is 499 g/mol. The Kier molecular flexibility index (Phi) is 6.43. The molecule has 1 aromatic carbocycles. The van der Waals surface area contributed by atoms with Gasteiger partial charge in [0.1, 0.15) is 11.0 Å². The average Bonchev–Trinajstić information content (AvgIpc) is 3.14. The van der Waals surface area contributed by atoms with Crippen molar-refractivity contribution >= 4 is 22.7 Å². The fraction of sp³-hybridized carbons (Fsp3) is 0.357. The maximum Gasteiger partial charge on any atom is 0.278 e. The lowest BCUT2D eigenvalue weighted by atomic mass is 9.98. The number of aromatic nitrogens is 5. The number of hydrogen-bond acceptors (Lipinski definition) is 7. The Bertz CT molecular complexity index is 1530. The quantitative estimate of drug-likeness (QED) is 0.372. The van der Waals surface area contributed by atoms with Crippen LogP contribution in [0.15, 0.2) is 60.0 Å². The molecule has 37 heavy (non-hydrogen) atoms. The molecule has 2 N–H and O–H groups in total. The first kappa shape index (κ1) is 24.9. The molecular formula is C28H33N7O2. The van der Waals surface area contributed by atoms with Crippen molar-refractivity contribution in [1.82, 2.24) is 29.2 Å². The number of nitrogens with zero attached hydrogens (tertiary/aromatic N) is 6. The lowest BCUT2D eigenvalue weighted by molar-refractivity contribution is 0.0738. The smallest absolute Gasteiger partial charge is 0.278 e. The summed E-state index contributed by atoms with van der Waals surface area (Å²) in [6, 6.07) is 12.2. The molecule has 3 aromatic heterocycles. The molecule has 4 aromatic rings. The number of anilines is 2. The minimum absolute atomic E-state index is 0.237. The number of fused-ring (bicyclic) bond motifs is 2. The summed E-state index contributed by atoms with van der Waals surface area (Å²) in [7, 11) is 0. The normalized spacial score (nSPS) is 14.2. The average molecular weight is 500 g/mol. The van der Waals surface area contributed by atoms with Crippen LogP contribution in [0.3, 0.4) is 0 Å². The molecule has 0 saturated heterocycles. The Hall–Kier alpha value is -3.82. The highest BCUT2D eigenvalue weighted by Crippen LogP contribution is 2.26. The molecule has 0 unspecified atom stereocenters. The van der Waals surface area contributed by atoms with Crippen LogP contribution in [0.1, 0.15) is 44.5 Å². The fourth-order valence-corrected chi connectivity index (χ4v) is 4.72. The second-order valence-electron chi connectivity index (χ2n) is 10.3. The summed E-state index contributed by atoms with van der Waals surface area (Å²) in [5.41, 5.74) is 3.10. The third kappa shape index (κ3) is 4.80. The predicted molar refractivity (Wildman–Crippen MR) is 145 cm³/mol. The summed E-state index contributed by atoms with van der Waals surface area (Å²) < 4.78 is 3.18. The number of nitrogens with one attached hydrogen (secondary N) is 1. The zero-order valence-electron chi connectivity index (χ0n) is 21.8. The lowest BCUT2D eigenvalue weighted by Crippen LogP contribution is -2.35. The molecule has 9 nitrogen and oxygen atoms in total. The van der Waals surface area contributed by atoms with Gasteiger partial charge in [-0.2, -0.15) is 4.98 Å². The summed E-state index contributed by atoms with van der Waals surface area (Å²) in [6.45, 7) is 13.8. The molecule has 192 valence electrons. The van der Waals surface area contributed by atoms with E-state index in [-0.39, 0.29) is 12.1 Å². The van der Waals surface area contributed by atoms with Crippen LogP contribution in [-0.2, 0) is 25.1 Å². The van der Waals surface area contributed by atoms with Crippen LogP contribution in [0.4, 0.5) is 11.6 Å². The van der Waals surface area contributed by atoms with Crippen molar-refractivity contribution in [2.75, 3.05) is 11.9 Å². The number of allylic oxidation sites excluding steroid dienone is 1. The van der Waals surface area contributed by atoms with E-state index in [0.29, 0.717) is 34.5 Å². The van der Waals surface area contributed by atoms with Crippen molar-refractivity contribution in [3.8, 4) is 5.82 Å². The molecule has 0 spiro atoms. The van der Waals surface area contributed by atoms with E-state index in [9.17, 15) is 9.90 Å². The van der Waals surface area contributed by atoms with Crippen LogP contribution in [-0.4, -0.2) is 46.9 Å². The summed E-state index contributed by atoms with van der Waals surface area (Å²) in [4.78, 5) is 29.5. The number of aliphatic hydroxyl groups is 1. The van der Waals surface area contributed by atoms with Crippen LogP contribution >= 0.6 is 0 Å². The van der Waals surface area contributed by atoms with Crippen molar-refractivity contribution in [1.29, 1.82) is 0 Å². The van der Waals surface area contributed by atoms with Gasteiger partial charge in [0.05, 0.1) is 12.2 Å². The largest absolute Gasteiger partial charge is 0.384 e. The van der Waals surface area contributed by atoms with Crippen molar-refractivity contribution in [3.63, 3.8) is 0 Å². The second-order valence-corrected chi connectivity index (χ2v) is 10.3. The molecule has 0 atom stereocenters. The van der Waals surface area contributed by atoms with E-state index >= 15 is 0 Å². The maximum absolute atomic E-state index is 13.2. The van der Waals surface area contributed by atoms with E-state index < -0.39 is 5.60 Å². The van der Waals surface area contributed by atoms with E-state index in [4.69, 9.17) is 4.98 Å². The molecule has 0 saturated carbocycles. The van der Waals surface area contributed by atoms with Crippen molar-refractivity contribution in [3.05, 3.63) is 82.4 Å². The number of rotatable bonds is 7. The van der Waals surface area contributed by atoms with E-state index in [0.717, 1.165) is 25.2 Å². The van der Waals surface area contributed by atoms with Gasteiger partial charge >= 0.3 is 0 Å². The Morgan fingerprint density at radius 1 is 1.19 bits per heavy atom. The molecule has 9 heteroatoms. The topological polar surface area (TPSA) is 101 Å². The van der Waals surface area contributed by atoms with Gasteiger partial charge < -0.3 is 10.4 Å². The molecule has 0 amide bonds. The molecule has 4 heterocycles. The third-order valence-corrected chi connectivity index (χ3v) is 6.79. The summed E-state index contributed by atoms with van der Waals surface area (Å²) in [5.74, 6) is 0.855. The molecule has 0 fully saturated rings. The molecule has 1 aliphatic rings.